The molecule has 3 aromatic rings. The van der Waals surface area contributed by atoms with E-state index in [2.05, 4.69) is 20.4 Å². The Kier molecular flexibility index (Phi) is 6.10. The van der Waals surface area contributed by atoms with Crippen molar-refractivity contribution in [3.05, 3.63) is 46.2 Å². The van der Waals surface area contributed by atoms with E-state index >= 15 is 0 Å². The Hall–Kier alpha value is -3.53. The fraction of sp³-hybridized carbons (Fsp3) is 0.391. The average molecular weight is 545 g/mol. The van der Waals surface area contributed by atoms with E-state index in [1.54, 1.807) is 0 Å². The molecular weight excluding hydrogens is 526 g/mol. The lowest BCUT2D eigenvalue weighted by Gasteiger charge is -2.24. The maximum Gasteiger partial charge on any atom is 0.428 e. The molecule has 1 atom stereocenters. The van der Waals surface area contributed by atoms with Gasteiger partial charge in [0.1, 0.15) is 17.1 Å². The number of carbonyl (C=O) groups is 1. The van der Waals surface area contributed by atoms with E-state index in [1.807, 2.05) is 6.07 Å². The summed E-state index contributed by atoms with van der Waals surface area (Å²) < 4.78 is 84.8. The molecule has 2 heterocycles. The van der Waals surface area contributed by atoms with E-state index in [-0.39, 0.29) is 29.0 Å². The van der Waals surface area contributed by atoms with E-state index in [1.165, 1.54) is 18.2 Å². The highest BCUT2D eigenvalue weighted by atomic mass is 35.5. The quantitative estimate of drug-likeness (QED) is 0.385. The highest BCUT2D eigenvalue weighted by Gasteiger charge is 2.58. The lowest BCUT2D eigenvalue weighted by Crippen LogP contribution is -2.37. The van der Waals surface area contributed by atoms with Gasteiger partial charge < -0.3 is 10.3 Å². The van der Waals surface area contributed by atoms with E-state index in [0.29, 0.717) is 25.3 Å². The molecule has 1 aromatic carbocycles. The van der Waals surface area contributed by atoms with Crippen molar-refractivity contribution < 1.29 is 31.1 Å². The standard InChI is InChI=1S/C23H19ClF6N6O/c1-20(25,23(28,29)30)17-15(21(2,26)27)16(36(3)35-17)14-9-32-18(33-14)11-4-5-13(24)12(8-11)19(37)34-22(10-31)6-7-22/h4-5,8-9H,6-7H2,1-3H3,(H,32,33)(H,34,37). The highest BCUT2D eigenvalue weighted by molar-refractivity contribution is 6.34. The zero-order chi connectivity index (χ0) is 27.6. The minimum atomic E-state index is -5.50. The van der Waals surface area contributed by atoms with Gasteiger partial charge in [0.05, 0.1) is 39.8 Å². The van der Waals surface area contributed by atoms with E-state index in [9.17, 15) is 36.4 Å². The number of nitrogens with one attached hydrogen (secondary N) is 2. The summed E-state index contributed by atoms with van der Waals surface area (Å²) in [7, 11) is 1.11. The number of H-pyrrole nitrogens is 1. The van der Waals surface area contributed by atoms with Crippen LogP contribution in [0.15, 0.2) is 24.4 Å². The third kappa shape index (κ3) is 4.66. The van der Waals surface area contributed by atoms with Gasteiger partial charge in [0.25, 0.3) is 11.8 Å². The molecule has 0 bridgehead atoms. The lowest BCUT2D eigenvalue weighted by atomic mass is 9.94. The molecule has 4 rings (SSSR count). The van der Waals surface area contributed by atoms with Crippen LogP contribution in [0.4, 0.5) is 26.3 Å². The third-order valence-corrected chi connectivity index (χ3v) is 6.43. The van der Waals surface area contributed by atoms with Gasteiger partial charge in [0.2, 0.25) is 5.67 Å². The maximum atomic E-state index is 14.8. The molecule has 1 amide bonds. The number of aryl methyl sites for hydroxylation is 1. The minimum absolute atomic E-state index is 0.0283. The zero-order valence-electron chi connectivity index (χ0n) is 19.6. The molecule has 1 saturated carbocycles. The largest absolute Gasteiger partial charge is 0.428 e. The number of carbonyl (C=O) groups excluding carboxylic acids is 1. The fourth-order valence-electron chi connectivity index (χ4n) is 3.82. The molecule has 196 valence electrons. The number of halogens is 7. The molecule has 0 spiro atoms. The van der Waals surface area contributed by atoms with Crippen molar-refractivity contribution in [2.75, 3.05) is 0 Å². The van der Waals surface area contributed by atoms with Gasteiger partial charge in [-0.15, -0.1) is 0 Å². The van der Waals surface area contributed by atoms with Crippen LogP contribution >= 0.6 is 11.6 Å². The first kappa shape index (κ1) is 26.5. The Balaban J connectivity index is 1.77. The molecule has 0 aliphatic heterocycles. The van der Waals surface area contributed by atoms with Crippen molar-refractivity contribution in [2.45, 2.75) is 50.0 Å². The molecule has 1 aliphatic carbocycles. The molecule has 14 heteroatoms. The smallest absolute Gasteiger partial charge is 0.337 e. The first-order valence-corrected chi connectivity index (χ1v) is 11.2. The van der Waals surface area contributed by atoms with Gasteiger partial charge in [-0.2, -0.15) is 23.5 Å². The summed E-state index contributed by atoms with van der Waals surface area (Å²) in [4.78, 5) is 19.5. The minimum Gasteiger partial charge on any atom is -0.337 e. The predicted molar refractivity (Wildman–Crippen MR) is 120 cm³/mol. The van der Waals surface area contributed by atoms with Crippen molar-refractivity contribution in [2.24, 2.45) is 7.05 Å². The summed E-state index contributed by atoms with van der Waals surface area (Å²) in [5.74, 6) is -4.43. The van der Waals surface area contributed by atoms with Gasteiger partial charge in [-0.25, -0.2) is 18.2 Å². The first-order valence-electron chi connectivity index (χ1n) is 10.8. The molecule has 37 heavy (non-hydrogen) atoms. The number of nitrogens with zero attached hydrogens (tertiary/aromatic N) is 4. The number of nitriles is 1. The third-order valence-electron chi connectivity index (χ3n) is 6.10. The van der Waals surface area contributed by atoms with Gasteiger partial charge in [-0.05, 0) is 38.0 Å². The van der Waals surface area contributed by atoms with Crippen LogP contribution in [0.25, 0.3) is 22.8 Å². The number of imidazole rings is 1. The molecule has 7 nitrogen and oxygen atoms in total. The number of aromatic nitrogens is 4. The second-order valence-electron chi connectivity index (χ2n) is 9.07. The number of alkyl halides is 6. The molecule has 0 saturated heterocycles. The maximum absolute atomic E-state index is 14.8. The Labute approximate surface area is 211 Å². The van der Waals surface area contributed by atoms with Gasteiger partial charge in [-0.3, -0.25) is 9.48 Å². The van der Waals surface area contributed by atoms with E-state index in [4.69, 9.17) is 11.6 Å². The molecule has 1 fully saturated rings. The van der Waals surface area contributed by atoms with Gasteiger partial charge in [0.15, 0.2) is 0 Å². The second-order valence-corrected chi connectivity index (χ2v) is 9.48. The van der Waals surface area contributed by atoms with Crippen molar-refractivity contribution in [3.63, 3.8) is 0 Å². The van der Waals surface area contributed by atoms with Crippen LogP contribution in [0.1, 0.15) is 48.3 Å². The van der Waals surface area contributed by atoms with Crippen LogP contribution in [0.5, 0.6) is 0 Å². The number of hydrogen-bond acceptors (Lipinski definition) is 4. The zero-order valence-corrected chi connectivity index (χ0v) is 20.3. The predicted octanol–water partition coefficient (Wildman–Crippen LogP) is 5.78. The van der Waals surface area contributed by atoms with Crippen molar-refractivity contribution in [3.8, 4) is 28.8 Å². The molecule has 2 aromatic heterocycles. The van der Waals surface area contributed by atoms with Crippen molar-refractivity contribution in [1.29, 1.82) is 5.26 Å². The fourth-order valence-corrected chi connectivity index (χ4v) is 4.02. The second kappa shape index (κ2) is 8.51. The van der Waals surface area contributed by atoms with Crippen LogP contribution in [0.2, 0.25) is 5.02 Å². The molecular formula is C23H19ClF6N6O. The molecule has 0 radical (unpaired) electrons. The van der Waals surface area contributed by atoms with Gasteiger partial charge in [-0.1, -0.05) is 11.6 Å². The van der Waals surface area contributed by atoms with Crippen molar-refractivity contribution >= 4 is 17.5 Å². The SMILES string of the molecule is Cn1nc(C(C)(F)C(F)(F)F)c(C(C)(F)F)c1-c1cnc(-c2ccc(Cl)c(C(=O)NC3(C#N)CC3)c2)[nH]1. The molecule has 2 N–H and O–H groups in total. The van der Waals surface area contributed by atoms with E-state index in [0.717, 1.165) is 17.9 Å². The van der Waals surface area contributed by atoms with Crippen molar-refractivity contribution in [1.82, 2.24) is 25.1 Å². The monoisotopic (exact) mass is 544 g/mol. The number of benzene rings is 1. The summed E-state index contributed by atoms with van der Waals surface area (Å²) in [6, 6.07) is 6.26. The number of amides is 1. The van der Waals surface area contributed by atoms with Gasteiger partial charge >= 0.3 is 6.18 Å². The number of rotatable bonds is 6. The Bertz CT molecular complexity index is 1420. The lowest BCUT2D eigenvalue weighted by molar-refractivity contribution is -0.231. The van der Waals surface area contributed by atoms with Crippen LogP contribution in [-0.2, 0) is 18.6 Å². The summed E-state index contributed by atoms with van der Waals surface area (Å²) in [5.41, 5.74) is -8.14. The average Bonchev–Trinajstić information content (AvgIpc) is 3.21. The van der Waals surface area contributed by atoms with Crippen LogP contribution in [0.3, 0.4) is 0 Å². The summed E-state index contributed by atoms with van der Waals surface area (Å²) in [6.07, 6.45) is -3.42. The molecule has 1 aliphatic rings. The first-order chi connectivity index (χ1) is 17.0. The number of aromatic amines is 1. The van der Waals surface area contributed by atoms with Crippen LogP contribution in [0, 0.1) is 11.3 Å². The number of hydrogen-bond donors (Lipinski definition) is 2. The topological polar surface area (TPSA) is 99.4 Å². The van der Waals surface area contributed by atoms with Gasteiger partial charge in [0, 0.05) is 19.5 Å². The summed E-state index contributed by atoms with van der Waals surface area (Å²) in [5, 5.41) is 15.4. The molecule has 1 unspecified atom stereocenters. The Morgan fingerprint density at radius 3 is 2.41 bits per heavy atom. The van der Waals surface area contributed by atoms with Crippen LogP contribution in [-0.4, -0.2) is 37.4 Å². The summed E-state index contributed by atoms with van der Waals surface area (Å²) >= 11 is 6.15. The van der Waals surface area contributed by atoms with Crippen LogP contribution < -0.4 is 5.32 Å². The normalized spacial score (nSPS) is 16.7. The summed E-state index contributed by atoms with van der Waals surface area (Å²) in [6.45, 7) is 0.476. The Morgan fingerprint density at radius 1 is 1.22 bits per heavy atom. The van der Waals surface area contributed by atoms with E-state index < -0.39 is 46.2 Å². The Morgan fingerprint density at radius 2 is 1.86 bits per heavy atom. The highest BCUT2D eigenvalue weighted by Crippen LogP contribution is 2.48.